The fourth-order valence-electron chi connectivity index (χ4n) is 1.46. The molecule has 104 valence electrons. The topological polar surface area (TPSA) is 61.2 Å². The van der Waals surface area contributed by atoms with Gasteiger partial charge in [0.2, 0.25) is 10.0 Å². The highest BCUT2D eigenvalue weighted by atomic mass is 79.9. The van der Waals surface area contributed by atoms with Crippen LogP contribution in [0.3, 0.4) is 0 Å². The van der Waals surface area contributed by atoms with Crippen molar-refractivity contribution >= 4 is 49.2 Å². The van der Waals surface area contributed by atoms with Gasteiger partial charge in [-0.2, -0.15) is 9.57 Å². The summed E-state index contributed by atoms with van der Waals surface area (Å²) in [7, 11) is -2.44. The van der Waals surface area contributed by atoms with E-state index in [2.05, 4.69) is 15.9 Å². The van der Waals surface area contributed by atoms with E-state index in [-0.39, 0.29) is 21.5 Å². The third kappa shape index (κ3) is 3.83. The van der Waals surface area contributed by atoms with Crippen LogP contribution in [0.1, 0.15) is 6.92 Å². The highest BCUT2D eigenvalue weighted by Gasteiger charge is 2.27. The second kappa shape index (κ2) is 6.42. The molecule has 19 heavy (non-hydrogen) atoms. The van der Waals surface area contributed by atoms with Crippen LogP contribution in [-0.4, -0.2) is 26.3 Å². The Bertz CT molecular complexity index is 605. The van der Waals surface area contributed by atoms with Gasteiger partial charge in [0.25, 0.3) is 0 Å². The fraction of sp³-hybridized carbons (Fsp3) is 0.364. The van der Waals surface area contributed by atoms with Crippen LogP contribution in [0.4, 0.5) is 0 Å². The van der Waals surface area contributed by atoms with Crippen LogP contribution in [0.2, 0.25) is 10.0 Å². The van der Waals surface area contributed by atoms with Crippen molar-refractivity contribution in [3.05, 3.63) is 26.7 Å². The van der Waals surface area contributed by atoms with Gasteiger partial charge in [-0.3, -0.25) is 0 Å². The monoisotopic (exact) mass is 384 g/mol. The van der Waals surface area contributed by atoms with Gasteiger partial charge in [0.1, 0.15) is 4.90 Å². The minimum atomic E-state index is -3.82. The minimum Gasteiger partial charge on any atom is -0.207 e. The van der Waals surface area contributed by atoms with Crippen molar-refractivity contribution in [2.45, 2.75) is 11.8 Å². The molecule has 1 rings (SSSR count). The molecular formula is C11H11BrCl2N2O2S. The van der Waals surface area contributed by atoms with Crippen LogP contribution < -0.4 is 0 Å². The van der Waals surface area contributed by atoms with E-state index in [1.807, 2.05) is 6.07 Å². The van der Waals surface area contributed by atoms with Gasteiger partial charge in [-0.25, -0.2) is 8.42 Å². The van der Waals surface area contributed by atoms with Crippen molar-refractivity contribution in [3.8, 4) is 6.07 Å². The Kier molecular flexibility index (Phi) is 5.65. The molecule has 0 N–H and O–H groups in total. The first-order valence-corrected chi connectivity index (χ1v) is 8.19. The minimum absolute atomic E-state index is 0.0378. The van der Waals surface area contributed by atoms with Crippen LogP contribution in [0.15, 0.2) is 21.5 Å². The van der Waals surface area contributed by atoms with E-state index in [1.54, 1.807) is 6.92 Å². The van der Waals surface area contributed by atoms with Gasteiger partial charge >= 0.3 is 0 Å². The lowest BCUT2D eigenvalue weighted by Crippen LogP contribution is -2.31. The first-order valence-electron chi connectivity index (χ1n) is 5.20. The Hall–Kier alpha value is -0.320. The number of hydrogen-bond donors (Lipinski definition) is 0. The lowest BCUT2D eigenvalue weighted by Gasteiger charge is -2.19. The molecule has 0 aromatic heterocycles. The lowest BCUT2D eigenvalue weighted by molar-refractivity contribution is 0.439. The maximum Gasteiger partial charge on any atom is 0.245 e. The Labute approximate surface area is 131 Å². The number of nitrogens with zero attached hydrogens (tertiary/aromatic N) is 2. The fourth-order valence-corrected chi connectivity index (χ4v) is 4.59. The summed E-state index contributed by atoms with van der Waals surface area (Å²) in [5, 5.41) is 8.81. The molecule has 1 atom stereocenters. The van der Waals surface area contributed by atoms with Crippen molar-refractivity contribution in [3.63, 3.8) is 0 Å². The predicted octanol–water partition coefficient (Wildman–Crippen LogP) is 3.54. The van der Waals surface area contributed by atoms with E-state index in [9.17, 15) is 8.42 Å². The molecule has 4 nitrogen and oxygen atoms in total. The number of hydrogen-bond acceptors (Lipinski definition) is 3. The maximum absolute atomic E-state index is 12.4. The molecule has 0 aliphatic heterocycles. The van der Waals surface area contributed by atoms with Crippen LogP contribution in [0.25, 0.3) is 0 Å². The van der Waals surface area contributed by atoms with Crippen molar-refractivity contribution < 1.29 is 8.42 Å². The normalized spacial score (nSPS) is 13.3. The maximum atomic E-state index is 12.4. The van der Waals surface area contributed by atoms with E-state index in [0.29, 0.717) is 4.47 Å². The number of sulfonamides is 1. The van der Waals surface area contributed by atoms with E-state index in [1.165, 1.54) is 19.2 Å². The van der Waals surface area contributed by atoms with Crippen molar-refractivity contribution in [1.29, 1.82) is 5.26 Å². The van der Waals surface area contributed by atoms with Crippen molar-refractivity contribution in [2.75, 3.05) is 13.6 Å². The molecule has 8 heteroatoms. The molecule has 0 aliphatic rings. The number of halogens is 3. The molecule has 1 aromatic carbocycles. The summed E-state index contributed by atoms with van der Waals surface area (Å²) in [6, 6.07) is 4.90. The molecular weight excluding hydrogens is 375 g/mol. The van der Waals surface area contributed by atoms with Gasteiger partial charge < -0.3 is 0 Å². The van der Waals surface area contributed by atoms with Crippen LogP contribution in [-0.2, 0) is 10.0 Å². The zero-order valence-electron chi connectivity index (χ0n) is 10.2. The third-order valence-corrected chi connectivity index (χ3v) is 5.59. The predicted molar refractivity (Wildman–Crippen MR) is 78.8 cm³/mol. The first-order chi connectivity index (χ1) is 8.70. The molecule has 1 aromatic rings. The average Bonchev–Trinajstić information content (AvgIpc) is 2.26. The highest BCUT2D eigenvalue weighted by molar-refractivity contribution is 9.10. The number of nitriles is 1. The van der Waals surface area contributed by atoms with E-state index in [0.717, 1.165) is 4.31 Å². The quantitative estimate of drug-likeness (QED) is 0.796. The molecule has 0 saturated carbocycles. The highest BCUT2D eigenvalue weighted by Crippen LogP contribution is 2.34. The standard InChI is InChI=1S/C11H11BrCl2N2O2S/c1-7(5-15)6-16(2)19(17,18)11-9(13)3-8(12)4-10(11)14/h3-4,7H,6H2,1-2H3/t7-/m1/s1. The summed E-state index contributed by atoms with van der Waals surface area (Å²) in [5.74, 6) is -0.423. The summed E-state index contributed by atoms with van der Waals surface area (Å²) in [6.45, 7) is 1.71. The van der Waals surface area contributed by atoms with Crippen molar-refractivity contribution in [2.24, 2.45) is 5.92 Å². The van der Waals surface area contributed by atoms with Gasteiger partial charge in [-0.15, -0.1) is 0 Å². The summed E-state index contributed by atoms with van der Waals surface area (Å²) < 4.78 is 26.4. The Morgan fingerprint density at radius 2 is 1.89 bits per heavy atom. The van der Waals surface area contributed by atoms with Crippen LogP contribution in [0, 0.1) is 17.2 Å². The second-order valence-corrected chi connectivity index (χ2v) is 7.73. The molecule has 0 fully saturated rings. The zero-order chi connectivity index (χ0) is 14.8. The van der Waals surface area contributed by atoms with E-state index < -0.39 is 15.9 Å². The van der Waals surface area contributed by atoms with E-state index >= 15 is 0 Å². The van der Waals surface area contributed by atoms with E-state index in [4.69, 9.17) is 28.5 Å². The Morgan fingerprint density at radius 1 is 1.42 bits per heavy atom. The lowest BCUT2D eigenvalue weighted by atomic mass is 10.2. The molecule has 0 heterocycles. The Balaban J connectivity index is 3.25. The third-order valence-electron chi connectivity index (χ3n) is 2.38. The molecule has 0 spiro atoms. The van der Waals surface area contributed by atoms with Gasteiger partial charge in [-0.1, -0.05) is 39.1 Å². The smallest absolute Gasteiger partial charge is 0.207 e. The summed E-state index contributed by atoms with van der Waals surface area (Å²) in [5.41, 5.74) is 0. The van der Waals surface area contributed by atoms with Crippen LogP contribution >= 0.6 is 39.1 Å². The molecule has 0 aliphatic carbocycles. The van der Waals surface area contributed by atoms with Crippen molar-refractivity contribution in [1.82, 2.24) is 4.31 Å². The number of benzene rings is 1. The average molecular weight is 386 g/mol. The van der Waals surface area contributed by atoms with Crippen LogP contribution in [0.5, 0.6) is 0 Å². The molecule has 0 bridgehead atoms. The number of rotatable bonds is 4. The summed E-state index contributed by atoms with van der Waals surface area (Å²) >= 11 is 15.1. The van der Waals surface area contributed by atoms with Gasteiger partial charge in [0.15, 0.2) is 0 Å². The SMILES string of the molecule is C[C@H](C#N)CN(C)S(=O)(=O)c1c(Cl)cc(Br)cc1Cl. The van der Waals surface area contributed by atoms with Gasteiger partial charge in [-0.05, 0) is 19.1 Å². The zero-order valence-corrected chi connectivity index (χ0v) is 14.1. The first kappa shape index (κ1) is 16.7. The molecule has 0 unspecified atom stereocenters. The Morgan fingerprint density at radius 3 is 2.32 bits per heavy atom. The molecule has 0 saturated heterocycles. The summed E-state index contributed by atoms with van der Waals surface area (Å²) in [6.07, 6.45) is 0. The second-order valence-electron chi connectivity index (χ2n) is 4.01. The summed E-state index contributed by atoms with van der Waals surface area (Å²) in [4.78, 5) is -0.147. The molecule has 0 radical (unpaired) electrons. The largest absolute Gasteiger partial charge is 0.245 e. The van der Waals surface area contributed by atoms with Gasteiger partial charge in [0.05, 0.1) is 22.0 Å². The molecule has 0 amide bonds. The van der Waals surface area contributed by atoms with Gasteiger partial charge in [0, 0.05) is 18.1 Å².